The molecule has 1 heterocycles. The monoisotopic (exact) mass is 346 g/mol. The van der Waals surface area contributed by atoms with Crippen LogP contribution in [0, 0.1) is 5.82 Å². The lowest BCUT2D eigenvalue weighted by Gasteiger charge is -2.32. The van der Waals surface area contributed by atoms with Gasteiger partial charge in [-0.25, -0.2) is 4.39 Å². The lowest BCUT2D eigenvalue weighted by atomic mass is 10.0. The van der Waals surface area contributed by atoms with E-state index in [0.29, 0.717) is 5.56 Å². The third-order valence-corrected chi connectivity index (χ3v) is 3.97. The SMILES string of the molecule is O=C(CCc1ccccc1F)NC1CCN(C(=O)C(F)(F)F)CC1. The normalized spacial score (nSPS) is 16.1. The first-order valence-electron chi connectivity index (χ1n) is 7.66. The van der Waals surface area contributed by atoms with Crippen LogP contribution in [0.1, 0.15) is 24.8 Å². The van der Waals surface area contributed by atoms with E-state index < -0.39 is 12.1 Å². The van der Waals surface area contributed by atoms with Gasteiger partial charge in [-0.3, -0.25) is 9.59 Å². The molecule has 0 unspecified atom stereocenters. The summed E-state index contributed by atoms with van der Waals surface area (Å²) in [6.07, 6.45) is -3.97. The average Bonchev–Trinajstić information content (AvgIpc) is 2.53. The molecule has 1 aliphatic rings. The first-order chi connectivity index (χ1) is 11.3. The first-order valence-corrected chi connectivity index (χ1v) is 7.66. The Morgan fingerprint density at radius 1 is 1.17 bits per heavy atom. The van der Waals surface area contributed by atoms with Gasteiger partial charge in [0.2, 0.25) is 5.91 Å². The van der Waals surface area contributed by atoms with Gasteiger partial charge in [-0.2, -0.15) is 13.2 Å². The van der Waals surface area contributed by atoms with Crippen molar-refractivity contribution in [1.29, 1.82) is 0 Å². The highest BCUT2D eigenvalue weighted by atomic mass is 19.4. The standard InChI is InChI=1S/C16H18F4N2O2/c17-13-4-2-1-3-11(13)5-6-14(23)21-12-7-9-22(10-8-12)15(24)16(18,19)20/h1-4,12H,5-10H2,(H,21,23). The van der Waals surface area contributed by atoms with Crippen LogP contribution < -0.4 is 5.32 Å². The molecule has 1 N–H and O–H groups in total. The molecule has 2 amide bonds. The molecule has 1 saturated heterocycles. The number of hydrogen-bond acceptors (Lipinski definition) is 2. The second-order valence-electron chi connectivity index (χ2n) is 5.72. The first kappa shape index (κ1) is 18.2. The van der Waals surface area contributed by atoms with E-state index in [4.69, 9.17) is 0 Å². The van der Waals surface area contributed by atoms with E-state index in [1.807, 2.05) is 0 Å². The van der Waals surface area contributed by atoms with Gasteiger partial charge in [-0.1, -0.05) is 18.2 Å². The van der Waals surface area contributed by atoms with Crippen molar-refractivity contribution in [3.63, 3.8) is 0 Å². The van der Waals surface area contributed by atoms with Gasteiger partial charge < -0.3 is 10.2 Å². The molecule has 2 rings (SSSR count). The molecule has 0 bridgehead atoms. The highest BCUT2D eigenvalue weighted by Crippen LogP contribution is 2.21. The molecule has 24 heavy (non-hydrogen) atoms. The maximum absolute atomic E-state index is 13.5. The molecule has 0 atom stereocenters. The Balaban J connectivity index is 1.74. The van der Waals surface area contributed by atoms with Crippen molar-refractivity contribution < 1.29 is 27.2 Å². The van der Waals surface area contributed by atoms with Gasteiger partial charge in [0.25, 0.3) is 0 Å². The zero-order valence-corrected chi connectivity index (χ0v) is 12.9. The average molecular weight is 346 g/mol. The Kier molecular flexibility index (Phi) is 5.80. The Hall–Kier alpha value is -2.12. The summed E-state index contributed by atoms with van der Waals surface area (Å²) in [6.45, 7) is -0.0901. The van der Waals surface area contributed by atoms with Crippen molar-refractivity contribution in [3.8, 4) is 0 Å². The number of likely N-dealkylation sites (tertiary alicyclic amines) is 1. The number of aryl methyl sites for hydroxylation is 1. The minimum atomic E-state index is -4.87. The largest absolute Gasteiger partial charge is 0.471 e. The van der Waals surface area contributed by atoms with Crippen molar-refractivity contribution in [1.82, 2.24) is 10.2 Å². The van der Waals surface area contributed by atoms with E-state index in [-0.39, 0.29) is 56.5 Å². The number of rotatable bonds is 4. The molecular formula is C16H18F4N2O2. The maximum Gasteiger partial charge on any atom is 0.471 e. The highest BCUT2D eigenvalue weighted by molar-refractivity contribution is 5.82. The molecule has 1 aliphatic heterocycles. The fourth-order valence-corrected chi connectivity index (χ4v) is 2.66. The number of amides is 2. The quantitative estimate of drug-likeness (QED) is 0.852. The Labute approximate surface area is 136 Å². The summed E-state index contributed by atoms with van der Waals surface area (Å²) in [6, 6.07) is 5.90. The van der Waals surface area contributed by atoms with E-state index >= 15 is 0 Å². The highest BCUT2D eigenvalue weighted by Gasteiger charge is 2.43. The Bertz CT molecular complexity index is 596. The third-order valence-electron chi connectivity index (χ3n) is 3.97. The Morgan fingerprint density at radius 2 is 1.79 bits per heavy atom. The van der Waals surface area contributed by atoms with Crippen molar-refractivity contribution in [2.45, 2.75) is 37.9 Å². The number of carbonyl (C=O) groups excluding carboxylic acids is 2. The van der Waals surface area contributed by atoms with Crippen LogP contribution >= 0.6 is 0 Å². The predicted molar refractivity (Wildman–Crippen MR) is 78.5 cm³/mol. The number of nitrogens with one attached hydrogen (secondary N) is 1. The van der Waals surface area contributed by atoms with Gasteiger partial charge >= 0.3 is 12.1 Å². The number of nitrogens with zero attached hydrogens (tertiary/aromatic N) is 1. The zero-order chi connectivity index (χ0) is 17.7. The van der Waals surface area contributed by atoms with Gasteiger partial charge in [0, 0.05) is 25.6 Å². The van der Waals surface area contributed by atoms with Crippen molar-refractivity contribution in [2.75, 3.05) is 13.1 Å². The molecule has 8 heteroatoms. The molecule has 0 spiro atoms. The Morgan fingerprint density at radius 3 is 2.38 bits per heavy atom. The smallest absolute Gasteiger partial charge is 0.353 e. The van der Waals surface area contributed by atoms with Crippen molar-refractivity contribution >= 4 is 11.8 Å². The minimum absolute atomic E-state index is 0.0450. The van der Waals surface area contributed by atoms with Gasteiger partial charge in [0.15, 0.2) is 0 Å². The number of carbonyl (C=O) groups is 2. The summed E-state index contributed by atoms with van der Waals surface area (Å²) in [5.74, 6) is -2.49. The zero-order valence-electron chi connectivity index (χ0n) is 12.9. The summed E-state index contributed by atoms with van der Waals surface area (Å²) in [5.41, 5.74) is 0.443. The third kappa shape index (κ3) is 4.94. The fourth-order valence-electron chi connectivity index (χ4n) is 2.66. The molecule has 1 aromatic rings. The summed E-state index contributed by atoms with van der Waals surface area (Å²) in [4.78, 5) is 23.7. The molecule has 4 nitrogen and oxygen atoms in total. The predicted octanol–water partition coefficient (Wildman–Crippen LogP) is 2.43. The molecule has 0 saturated carbocycles. The molecule has 0 aliphatic carbocycles. The van der Waals surface area contributed by atoms with Gasteiger partial charge in [0.1, 0.15) is 5.82 Å². The molecule has 0 aromatic heterocycles. The van der Waals surface area contributed by atoms with E-state index in [1.54, 1.807) is 18.2 Å². The second-order valence-corrected chi connectivity index (χ2v) is 5.72. The van der Waals surface area contributed by atoms with E-state index in [9.17, 15) is 27.2 Å². The van der Waals surface area contributed by atoms with Crippen molar-refractivity contribution in [3.05, 3.63) is 35.6 Å². The van der Waals surface area contributed by atoms with Crippen LogP contribution in [0.4, 0.5) is 17.6 Å². The molecule has 1 aromatic carbocycles. The number of halogens is 4. The number of piperidine rings is 1. The van der Waals surface area contributed by atoms with E-state index in [0.717, 1.165) is 4.90 Å². The summed E-state index contributed by atoms with van der Waals surface area (Å²) < 4.78 is 50.5. The van der Waals surface area contributed by atoms with Gasteiger partial charge in [-0.15, -0.1) is 0 Å². The number of alkyl halides is 3. The minimum Gasteiger partial charge on any atom is -0.353 e. The van der Waals surface area contributed by atoms with E-state index in [1.165, 1.54) is 6.07 Å². The number of hydrogen-bond donors (Lipinski definition) is 1. The van der Waals surface area contributed by atoms with Crippen LogP contribution in [0.2, 0.25) is 0 Å². The van der Waals surface area contributed by atoms with E-state index in [2.05, 4.69) is 5.32 Å². The molecule has 0 radical (unpaired) electrons. The maximum atomic E-state index is 13.5. The summed E-state index contributed by atoms with van der Waals surface area (Å²) in [5, 5.41) is 2.73. The summed E-state index contributed by atoms with van der Waals surface area (Å²) in [7, 11) is 0. The van der Waals surface area contributed by atoms with Crippen LogP contribution in [0.5, 0.6) is 0 Å². The van der Waals surface area contributed by atoms with Crippen LogP contribution in [-0.4, -0.2) is 42.0 Å². The lowest BCUT2D eigenvalue weighted by Crippen LogP contribution is -2.50. The number of benzene rings is 1. The molecule has 1 fully saturated rings. The molecule has 132 valence electrons. The summed E-state index contributed by atoms with van der Waals surface area (Å²) >= 11 is 0. The lowest BCUT2D eigenvalue weighted by molar-refractivity contribution is -0.186. The van der Waals surface area contributed by atoms with Crippen LogP contribution in [-0.2, 0) is 16.0 Å². The van der Waals surface area contributed by atoms with Crippen LogP contribution in [0.25, 0.3) is 0 Å². The topological polar surface area (TPSA) is 49.4 Å². The molecular weight excluding hydrogens is 328 g/mol. The fraction of sp³-hybridized carbons (Fsp3) is 0.500. The second kappa shape index (κ2) is 7.63. The van der Waals surface area contributed by atoms with Crippen molar-refractivity contribution in [2.24, 2.45) is 0 Å². The van der Waals surface area contributed by atoms with Crippen LogP contribution in [0.15, 0.2) is 24.3 Å². The van der Waals surface area contributed by atoms with Gasteiger partial charge in [0.05, 0.1) is 0 Å². The van der Waals surface area contributed by atoms with Gasteiger partial charge in [-0.05, 0) is 30.9 Å². The van der Waals surface area contributed by atoms with Crippen LogP contribution in [0.3, 0.4) is 0 Å².